The standard InChI is InChI=1S/C50H73ClN2O7/c1-29(2)39-35(55)26-50(23-24-52-27-46(7,28-54)53-41(56)30-11-13-31(51)14-12-30)22-21-48(9)32(40(39)50)15-16-37-47(8)19-18-38(45(5,6)36(47)17-20-49(37,48)10)60-43(59)34-25-33(42(57)58)44(34,3)4/h11-14,29,32-34,36-38,52,54H,15-28H2,1-10H3,(H,53,56)(H,57,58)/t32-,33+,34-,36+,37-,38+,46?,47+,48-,49-,50-/m1/s1. The van der Waals surface area contributed by atoms with Crippen LogP contribution in [-0.4, -0.2) is 65.2 Å². The van der Waals surface area contributed by atoms with Gasteiger partial charge in [-0.15, -0.1) is 0 Å². The minimum absolute atomic E-state index is 0.0340. The molecule has 9 nitrogen and oxygen atoms in total. The number of nitrogens with one attached hydrogen (secondary N) is 2. The van der Waals surface area contributed by atoms with Gasteiger partial charge in [-0.1, -0.05) is 79.5 Å². The van der Waals surface area contributed by atoms with Gasteiger partial charge in [0.2, 0.25) is 0 Å². The van der Waals surface area contributed by atoms with E-state index in [0.29, 0.717) is 60.1 Å². The molecule has 1 unspecified atom stereocenters. The molecule has 0 saturated heterocycles. The Labute approximate surface area is 364 Å². The Morgan fingerprint density at radius 2 is 1.57 bits per heavy atom. The van der Waals surface area contributed by atoms with E-state index in [4.69, 9.17) is 16.3 Å². The average molecular weight is 850 g/mol. The normalized spacial score (nSPS) is 38.7. The van der Waals surface area contributed by atoms with E-state index in [-0.39, 0.29) is 63.5 Å². The number of hydrogen-bond acceptors (Lipinski definition) is 7. The number of aliphatic carboxylic acids is 1. The number of rotatable bonds is 12. The van der Waals surface area contributed by atoms with Gasteiger partial charge in [0.05, 0.1) is 24.0 Å². The zero-order chi connectivity index (χ0) is 44.0. The molecule has 6 aliphatic carbocycles. The third-order valence-electron chi connectivity index (χ3n) is 18.8. The molecule has 6 aliphatic rings. The Balaban J connectivity index is 1.07. The molecule has 0 radical (unpaired) electrons. The predicted molar refractivity (Wildman–Crippen MR) is 234 cm³/mol. The van der Waals surface area contributed by atoms with Crippen molar-refractivity contribution in [3.63, 3.8) is 0 Å². The van der Waals surface area contributed by atoms with Gasteiger partial charge in [0.15, 0.2) is 5.78 Å². The van der Waals surface area contributed by atoms with E-state index >= 15 is 0 Å². The van der Waals surface area contributed by atoms with Gasteiger partial charge in [-0.25, -0.2) is 0 Å². The number of allylic oxidation sites excluding steroid dienone is 2. The number of carbonyl (C=O) groups excluding carboxylic acids is 3. The summed E-state index contributed by atoms with van der Waals surface area (Å²) in [6.45, 7) is 23.2. The first-order valence-corrected chi connectivity index (χ1v) is 23.4. The Morgan fingerprint density at radius 1 is 0.883 bits per heavy atom. The number of amides is 1. The van der Waals surface area contributed by atoms with Crippen LogP contribution >= 0.6 is 11.6 Å². The van der Waals surface area contributed by atoms with Crippen LogP contribution in [0, 0.1) is 68.0 Å². The fourth-order valence-electron chi connectivity index (χ4n) is 15.0. The molecule has 60 heavy (non-hydrogen) atoms. The molecule has 0 heterocycles. The first-order valence-electron chi connectivity index (χ1n) is 23.0. The van der Waals surface area contributed by atoms with E-state index in [1.54, 1.807) is 24.3 Å². The number of benzene rings is 1. The largest absolute Gasteiger partial charge is 0.481 e. The van der Waals surface area contributed by atoms with Crippen molar-refractivity contribution in [2.45, 2.75) is 152 Å². The van der Waals surface area contributed by atoms with Crippen LogP contribution in [0.15, 0.2) is 35.4 Å². The maximum atomic E-state index is 14.2. The summed E-state index contributed by atoms with van der Waals surface area (Å²) in [7, 11) is 0. The van der Waals surface area contributed by atoms with Gasteiger partial charge < -0.3 is 25.6 Å². The molecule has 1 aromatic carbocycles. The first-order chi connectivity index (χ1) is 27.9. The third-order valence-corrected chi connectivity index (χ3v) is 19.0. The number of esters is 1. The first kappa shape index (κ1) is 45.3. The number of aliphatic hydroxyl groups is 1. The van der Waals surface area contributed by atoms with Gasteiger partial charge in [0.1, 0.15) is 6.10 Å². The number of carbonyl (C=O) groups is 4. The molecule has 4 N–H and O–H groups in total. The molecular formula is C50H73ClN2O7. The lowest BCUT2D eigenvalue weighted by Gasteiger charge is -2.72. The van der Waals surface area contributed by atoms with Crippen LogP contribution in [0.2, 0.25) is 5.02 Å². The van der Waals surface area contributed by atoms with Gasteiger partial charge in [0, 0.05) is 34.4 Å². The van der Waals surface area contributed by atoms with Gasteiger partial charge in [-0.05, 0) is 153 Å². The lowest BCUT2D eigenvalue weighted by molar-refractivity contribution is -0.236. The second-order valence-electron chi connectivity index (χ2n) is 22.9. The number of Topliss-reactive ketones (excluding diaryl/α,β-unsaturated/α-hetero) is 1. The van der Waals surface area contributed by atoms with Crippen LogP contribution in [-0.2, 0) is 19.1 Å². The van der Waals surface area contributed by atoms with Crippen LogP contribution in [0.5, 0.6) is 0 Å². The Morgan fingerprint density at radius 3 is 2.18 bits per heavy atom. The summed E-state index contributed by atoms with van der Waals surface area (Å²) in [4.78, 5) is 52.7. The number of ketones is 1. The number of carboxylic acid groups (broad SMARTS) is 1. The summed E-state index contributed by atoms with van der Waals surface area (Å²) in [6, 6.07) is 6.73. The maximum absolute atomic E-state index is 14.2. The smallest absolute Gasteiger partial charge is 0.309 e. The molecule has 11 atom stereocenters. The lowest BCUT2D eigenvalue weighted by Crippen LogP contribution is -2.66. The van der Waals surface area contributed by atoms with Crippen molar-refractivity contribution < 1.29 is 34.1 Å². The average Bonchev–Trinajstić information content (AvgIpc) is 3.46. The molecule has 5 saturated carbocycles. The highest BCUT2D eigenvalue weighted by Gasteiger charge is 2.70. The minimum atomic E-state index is -0.872. The van der Waals surface area contributed by atoms with Crippen LogP contribution < -0.4 is 10.6 Å². The van der Waals surface area contributed by atoms with Crippen LogP contribution in [0.4, 0.5) is 0 Å². The molecule has 7 rings (SSSR count). The maximum Gasteiger partial charge on any atom is 0.309 e. The molecule has 5 fully saturated rings. The predicted octanol–water partition coefficient (Wildman–Crippen LogP) is 9.44. The molecular weight excluding hydrogens is 776 g/mol. The Kier molecular flexibility index (Phi) is 11.7. The molecule has 10 heteroatoms. The Hall–Kier alpha value is -2.75. The molecule has 0 bridgehead atoms. The molecule has 1 aromatic rings. The van der Waals surface area contributed by atoms with Crippen molar-refractivity contribution in [1.82, 2.24) is 10.6 Å². The summed E-state index contributed by atoms with van der Waals surface area (Å²) in [5.41, 5.74) is 1.32. The summed E-state index contributed by atoms with van der Waals surface area (Å²) in [6.07, 6.45) is 9.84. The van der Waals surface area contributed by atoms with Gasteiger partial charge >= 0.3 is 11.9 Å². The van der Waals surface area contributed by atoms with Crippen LogP contribution in [0.3, 0.4) is 0 Å². The van der Waals surface area contributed by atoms with E-state index in [9.17, 15) is 29.4 Å². The lowest BCUT2D eigenvalue weighted by atomic mass is 9.33. The van der Waals surface area contributed by atoms with Crippen molar-refractivity contribution >= 4 is 35.2 Å². The number of carboxylic acids is 1. The van der Waals surface area contributed by atoms with E-state index < -0.39 is 22.8 Å². The van der Waals surface area contributed by atoms with Crippen molar-refractivity contribution in [2.24, 2.45) is 68.0 Å². The summed E-state index contributed by atoms with van der Waals surface area (Å²) in [5.74, 6) is -0.507. The number of fused-ring (bicyclic) bond motifs is 7. The molecule has 1 amide bonds. The second kappa shape index (κ2) is 15.5. The molecule has 0 aromatic heterocycles. The van der Waals surface area contributed by atoms with Gasteiger partial charge in [0.25, 0.3) is 5.91 Å². The zero-order valence-corrected chi connectivity index (χ0v) is 38.8. The van der Waals surface area contributed by atoms with Crippen LogP contribution in [0.1, 0.15) is 150 Å². The molecule has 0 spiro atoms. The van der Waals surface area contributed by atoms with E-state index in [1.165, 1.54) is 5.57 Å². The highest BCUT2D eigenvalue weighted by atomic mass is 35.5. The highest BCUT2D eigenvalue weighted by Crippen LogP contribution is 2.77. The summed E-state index contributed by atoms with van der Waals surface area (Å²) < 4.78 is 6.43. The van der Waals surface area contributed by atoms with Crippen molar-refractivity contribution in [3.8, 4) is 0 Å². The monoisotopic (exact) mass is 849 g/mol. The third kappa shape index (κ3) is 7.01. The Bertz CT molecular complexity index is 1920. The number of aliphatic hydroxyl groups excluding tert-OH is 1. The summed E-state index contributed by atoms with van der Waals surface area (Å²) in [5, 5.41) is 27.3. The fourth-order valence-corrected chi connectivity index (χ4v) is 15.1. The topological polar surface area (TPSA) is 142 Å². The second-order valence-corrected chi connectivity index (χ2v) is 23.3. The number of hydrogen-bond donors (Lipinski definition) is 4. The van der Waals surface area contributed by atoms with Gasteiger partial charge in [-0.2, -0.15) is 0 Å². The molecule has 0 aliphatic heterocycles. The zero-order valence-electron chi connectivity index (χ0n) is 38.1. The van der Waals surface area contributed by atoms with Crippen molar-refractivity contribution in [2.75, 3.05) is 19.7 Å². The van der Waals surface area contributed by atoms with Gasteiger partial charge in [-0.3, -0.25) is 19.2 Å². The summed E-state index contributed by atoms with van der Waals surface area (Å²) >= 11 is 6.03. The highest BCUT2D eigenvalue weighted by molar-refractivity contribution is 6.30. The SMILES string of the molecule is CC(C)C1=C2[C@H]3CC[C@@H]4[C@@]5(C)CC[C@H](OC(=O)[C@H]6C[C@@H](C(=O)O)C6(C)C)C(C)(C)[C@@H]5CC[C@@]4(C)[C@]3(C)CC[C@@]2(CCNCC(C)(CO)NC(=O)c2ccc(Cl)cc2)CC1=O. The van der Waals surface area contributed by atoms with Crippen molar-refractivity contribution in [3.05, 3.63) is 46.0 Å². The van der Waals surface area contributed by atoms with E-state index in [2.05, 4.69) is 59.1 Å². The van der Waals surface area contributed by atoms with Crippen LogP contribution in [0.25, 0.3) is 0 Å². The molecule has 332 valence electrons. The van der Waals surface area contributed by atoms with E-state index in [1.807, 2.05) is 20.8 Å². The van der Waals surface area contributed by atoms with E-state index in [0.717, 1.165) is 63.4 Å². The minimum Gasteiger partial charge on any atom is -0.481 e. The fraction of sp³-hybridized carbons (Fsp3) is 0.760. The van der Waals surface area contributed by atoms with Crippen molar-refractivity contribution in [1.29, 1.82) is 0 Å². The number of ether oxygens (including phenoxy) is 1. The quantitative estimate of drug-likeness (QED) is 0.120. The number of halogens is 1.